The highest BCUT2D eigenvalue weighted by molar-refractivity contribution is 9.10. The number of nitrogens with zero attached hydrogens (tertiary/aromatic N) is 1. The molecule has 1 aromatic rings. The maximum Gasteiger partial charge on any atom is 0.307 e. The number of carboxylic acids is 1. The number of amides is 1. The van der Waals surface area contributed by atoms with Crippen molar-refractivity contribution in [3.8, 4) is 0 Å². The molecule has 1 N–H and O–H groups in total. The first-order valence-electron chi connectivity index (χ1n) is 6.36. The Balaban J connectivity index is 2.05. The van der Waals surface area contributed by atoms with Gasteiger partial charge in [0, 0.05) is 7.05 Å². The number of hydrogen-bond donors (Lipinski definition) is 1. The number of hydrogen-bond acceptors (Lipinski definition) is 3. The predicted molar refractivity (Wildman–Crippen MR) is 75.9 cm³/mol. The maximum atomic E-state index is 12.4. The molecule has 0 radical (unpaired) electrons. The molecular formula is C14H16BrNO4. The summed E-state index contributed by atoms with van der Waals surface area (Å²) in [6.07, 6.45) is 4.58. The molecule has 108 valence electrons. The van der Waals surface area contributed by atoms with E-state index < -0.39 is 17.8 Å². The van der Waals surface area contributed by atoms with Crippen molar-refractivity contribution < 1.29 is 19.1 Å². The lowest BCUT2D eigenvalue weighted by Crippen LogP contribution is -2.39. The number of carbonyl (C=O) groups excluding carboxylic acids is 1. The van der Waals surface area contributed by atoms with Gasteiger partial charge in [-0.25, -0.2) is 0 Å². The van der Waals surface area contributed by atoms with Crippen LogP contribution in [-0.4, -0.2) is 28.9 Å². The number of rotatable bonds is 4. The van der Waals surface area contributed by atoms with Crippen LogP contribution >= 0.6 is 15.9 Å². The van der Waals surface area contributed by atoms with E-state index in [4.69, 9.17) is 4.42 Å². The molecule has 0 saturated carbocycles. The van der Waals surface area contributed by atoms with Gasteiger partial charge in [0.1, 0.15) is 5.76 Å². The van der Waals surface area contributed by atoms with Crippen LogP contribution in [0.3, 0.4) is 0 Å². The van der Waals surface area contributed by atoms with Gasteiger partial charge >= 0.3 is 5.97 Å². The van der Waals surface area contributed by atoms with E-state index in [0.29, 0.717) is 29.8 Å². The molecule has 1 aliphatic carbocycles. The monoisotopic (exact) mass is 341 g/mol. The molecule has 0 aliphatic heterocycles. The Morgan fingerprint density at radius 1 is 1.35 bits per heavy atom. The quantitative estimate of drug-likeness (QED) is 0.854. The average Bonchev–Trinajstić information content (AvgIpc) is 2.83. The second-order valence-corrected chi connectivity index (χ2v) is 5.68. The van der Waals surface area contributed by atoms with Gasteiger partial charge in [-0.1, -0.05) is 12.2 Å². The van der Waals surface area contributed by atoms with Crippen LogP contribution < -0.4 is 0 Å². The van der Waals surface area contributed by atoms with Crippen molar-refractivity contribution in [2.45, 2.75) is 19.4 Å². The molecule has 0 aromatic carbocycles. The van der Waals surface area contributed by atoms with E-state index in [1.807, 2.05) is 12.2 Å². The molecule has 1 amide bonds. The second kappa shape index (κ2) is 6.26. The molecule has 6 heteroatoms. The normalized spacial score (nSPS) is 21.7. The zero-order valence-corrected chi connectivity index (χ0v) is 12.7. The minimum Gasteiger partial charge on any atom is -0.481 e. The van der Waals surface area contributed by atoms with Crippen LogP contribution in [0, 0.1) is 11.8 Å². The number of carboxylic acid groups (broad SMARTS) is 1. The van der Waals surface area contributed by atoms with E-state index in [2.05, 4.69) is 15.9 Å². The minimum absolute atomic E-state index is 0.158. The first-order chi connectivity index (χ1) is 9.49. The fourth-order valence-electron chi connectivity index (χ4n) is 2.39. The smallest absolute Gasteiger partial charge is 0.307 e. The fraction of sp³-hybridized carbons (Fsp3) is 0.429. The highest BCUT2D eigenvalue weighted by Crippen LogP contribution is 2.28. The van der Waals surface area contributed by atoms with E-state index in [-0.39, 0.29) is 5.91 Å². The molecule has 1 heterocycles. The molecule has 2 atom stereocenters. The Kier molecular flexibility index (Phi) is 4.65. The van der Waals surface area contributed by atoms with Crippen LogP contribution in [-0.2, 0) is 16.1 Å². The zero-order chi connectivity index (χ0) is 14.7. The molecular weight excluding hydrogens is 326 g/mol. The van der Waals surface area contributed by atoms with Crippen molar-refractivity contribution in [2.75, 3.05) is 7.05 Å². The first kappa shape index (κ1) is 14.8. The second-order valence-electron chi connectivity index (χ2n) is 4.89. The average molecular weight is 342 g/mol. The minimum atomic E-state index is -0.915. The number of carbonyl (C=O) groups is 2. The molecule has 2 unspecified atom stereocenters. The maximum absolute atomic E-state index is 12.4. The van der Waals surface area contributed by atoms with E-state index in [9.17, 15) is 14.7 Å². The van der Waals surface area contributed by atoms with Gasteiger partial charge in [-0.05, 0) is 40.9 Å². The van der Waals surface area contributed by atoms with Crippen molar-refractivity contribution in [3.63, 3.8) is 0 Å². The topological polar surface area (TPSA) is 70.8 Å². The largest absolute Gasteiger partial charge is 0.481 e. The Morgan fingerprint density at radius 3 is 2.55 bits per heavy atom. The Hall–Kier alpha value is -1.56. The number of furan rings is 1. The van der Waals surface area contributed by atoms with Crippen molar-refractivity contribution in [1.82, 2.24) is 4.90 Å². The number of aliphatic carboxylic acids is 1. The van der Waals surface area contributed by atoms with Gasteiger partial charge in [-0.3, -0.25) is 9.59 Å². The summed E-state index contributed by atoms with van der Waals surface area (Å²) in [5.74, 6) is -1.55. The predicted octanol–water partition coefficient (Wildman–Crippen LogP) is 2.67. The van der Waals surface area contributed by atoms with Gasteiger partial charge in [-0.15, -0.1) is 0 Å². The van der Waals surface area contributed by atoms with E-state index in [1.54, 1.807) is 19.2 Å². The van der Waals surface area contributed by atoms with Crippen molar-refractivity contribution in [1.29, 1.82) is 0 Å². The van der Waals surface area contributed by atoms with Gasteiger partial charge in [0.15, 0.2) is 4.67 Å². The van der Waals surface area contributed by atoms with E-state index in [0.717, 1.165) is 0 Å². The van der Waals surface area contributed by atoms with Crippen LogP contribution in [0.25, 0.3) is 0 Å². The van der Waals surface area contributed by atoms with E-state index >= 15 is 0 Å². The standard InChI is InChI=1S/C14H16BrNO4/c1-16(8-9-6-7-12(15)20-9)13(17)10-4-2-3-5-11(10)14(18)19/h2-3,6-7,10-11H,4-5,8H2,1H3,(H,18,19). The summed E-state index contributed by atoms with van der Waals surface area (Å²) in [4.78, 5) is 25.1. The van der Waals surface area contributed by atoms with Gasteiger partial charge in [0.2, 0.25) is 5.91 Å². The SMILES string of the molecule is CN(Cc1ccc(Br)o1)C(=O)C1CC=CCC1C(=O)O. The highest BCUT2D eigenvalue weighted by atomic mass is 79.9. The summed E-state index contributed by atoms with van der Waals surface area (Å²) in [6, 6.07) is 3.54. The highest BCUT2D eigenvalue weighted by Gasteiger charge is 2.35. The summed E-state index contributed by atoms with van der Waals surface area (Å²) >= 11 is 3.21. The van der Waals surface area contributed by atoms with Gasteiger partial charge in [0.05, 0.1) is 18.4 Å². The van der Waals surface area contributed by atoms with Crippen LogP contribution in [0.5, 0.6) is 0 Å². The van der Waals surface area contributed by atoms with Crippen LogP contribution in [0.1, 0.15) is 18.6 Å². The lowest BCUT2D eigenvalue weighted by Gasteiger charge is -2.28. The lowest BCUT2D eigenvalue weighted by atomic mass is 9.82. The third kappa shape index (κ3) is 3.30. The third-order valence-electron chi connectivity index (χ3n) is 3.46. The Morgan fingerprint density at radius 2 is 2.00 bits per heavy atom. The lowest BCUT2D eigenvalue weighted by molar-refractivity contribution is -0.150. The molecule has 0 bridgehead atoms. The molecule has 0 saturated heterocycles. The van der Waals surface area contributed by atoms with E-state index in [1.165, 1.54) is 4.90 Å². The first-order valence-corrected chi connectivity index (χ1v) is 7.15. The van der Waals surface area contributed by atoms with Gasteiger partial charge in [0.25, 0.3) is 0 Å². The molecule has 5 nitrogen and oxygen atoms in total. The molecule has 0 spiro atoms. The van der Waals surface area contributed by atoms with Crippen molar-refractivity contribution in [3.05, 3.63) is 34.7 Å². The van der Waals surface area contributed by atoms with Crippen LogP contribution in [0.15, 0.2) is 33.4 Å². The molecule has 20 heavy (non-hydrogen) atoms. The Bertz CT molecular complexity index is 537. The summed E-state index contributed by atoms with van der Waals surface area (Å²) in [7, 11) is 1.66. The number of halogens is 1. The Labute approximate surface area is 125 Å². The third-order valence-corrected chi connectivity index (χ3v) is 3.89. The summed E-state index contributed by atoms with van der Waals surface area (Å²) in [5.41, 5.74) is 0. The fourth-order valence-corrected chi connectivity index (χ4v) is 2.73. The van der Waals surface area contributed by atoms with Crippen molar-refractivity contribution >= 4 is 27.8 Å². The molecule has 1 aromatic heterocycles. The number of allylic oxidation sites excluding steroid dienone is 2. The molecule has 2 rings (SSSR count). The van der Waals surface area contributed by atoms with Crippen molar-refractivity contribution in [2.24, 2.45) is 11.8 Å². The van der Waals surface area contributed by atoms with Gasteiger partial charge < -0.3 is 14.4 Å². The summed E-state index contributed by atoms with van der Waals surface area (Å²) in [5, 5.41) is 9.20. The van der Waals surface area contributed by atoms with Crippen LogP contribution in [0.2, 0.25) is 0 Å². The summed E-state index contributed by atoms with van der Waals surface area (Å²) < 4.78 is 5.97. The zero-order valence-electron chi connectivity index (χ0n) is 11.1. The molecule has 1 aliphatic rings. The molecule has 0 fully saturated rings. The van der Waals surface area contributed by atoms with Crippen LogP contribution in [0.4, 0.5) is 0 Å². The van der Waals surface area contributed by atoms with Gasteiger partial charge in [-0.2, -0.15) is 0 Å². The summed E-state index contributed by atoms with van der Waals surface area (Å²) in [6.45, 7) is 0.330.